The topological polar surface area (TPSA) is 76.7 Å². The van der Waals surface area contributed by atoms with Crippen molar-refractivity contribution in [3.8, 4) is 5.75 Å². The van der Waals surface area contributed by atoms with E-state index >= 15 is 0 Å². The summed E-state index contributed by atoms with van der Waals surface area (Å²) in [6, 6.07) is 3.45. The molecule has 0 aliphatic heterocycles. The average Bonchev–Trinajstić information content (AvgIpc) is 3.10. The number of hydrogen-bond acceptors (Lipinski definition) is 6. The lowest BCUT2D eigenvalue weighted by molar-refractivity contribution is -0.147. The Balaban J connectivity index is 1.94. The van der Waals surface area contributed by atoms with Gasteiger partial charge in [-0.05, 0) is 13.0 Å². The molecule has 0 bridgehead atoms. The van der Waals surface area contributed by atoms with Crippen LogP contribution in [0, 0.1) is 11.9 Å². The minimum Gasteiger partial charge on any atom is -0.504 e. The number of aromatic hydroxyl groups is 1. The summed E-state index contributed by atoms with van der Waals surface area (Å²) in [5, 5.41) is 11.0. The summed E-state index contributed by atoms with van der Waals surface area (Å²) in [5.41, 5.74) is 0.0525. The maximum Gasteiger partial charge on any atom is 0.309 e. The third-order valence-corrected chi connectivity index (χ3v) is 4.83. The molecule has 2 aromatic heterocycles. The van der Waals surface area contributed by atoms with Gasteiger partial charge in [-0.2, -0.15) is 4.39 Å². The van der Waals surface area contributed by atoms with Crippen LogP contribution in [-0.4, -0.2) is 23.5 Å². The number of rotatable bonds is 5. The zero-order chi connectivity index (χ0) is 17.4. The molecule has 0 saturated heterocycles. The second-order valence-electron chi connectivity index (χ2n) is 5.49. The highest BCUT2D eigenvalue weighted by atomic mass is 32.1. The summed E-state index contributed by atoms with van der Waals surface area (Å²) in [5.74, 6) is -1.33. The first-order valence-electron chi connectivity index (χ1n) is 7.45. The SMILES string of the molecule is CCOC(=O)C(C)CC(=O)c1cc2c(cc(O)c3oc(F)cc32)s1. The second kappa shape index (κ2) is 6.24. The quantitative estimate of drug-likeness (QED) is 0.549. The van der Waals surface area contributed by atoms with Crippen molar-refractivity contribution in [3.05, 3.63) is 29.1 Å². The smallest absolute Gasteiger partial charge is 0.309 e. The number of Topliss-reactive ketones (excluding diaryl/α,β-unsaturated/α-hetero) is 1. The number of ether oxygens (including phenoxy) is 1. The normalized spacial score (nSPS) is 12.6. The van der Waals surface area contributed by atoms with Gasteiger partial charge in [0, 0.05) is 34.0 Å². The Morgan fingerprint density at radius 3 is 2.79 bits per heavy atom. The van der Waals surface area contributed by atoms with E-state index in [0.29, 0.717) is 20.3 Å². The van der Waals surface area contributed by atoms with Gasteiger partial charge in [0.1, 0.15) is 0 Å². The van der Waals surface area contributed by atoms with E-state index < -0.39 is 17.9 Å². The number of phenols is 1. The van der Waals surface area contributed by atoms with Gasteiger partial charge in [0.05, 0.1) is 17.4 Å². The average molecular weight is 350 g/mol. The van der Waals surface area contributed by atoms with Gasteiger partial charge in [0.15, 0.2) is 17.1 Å². The van der Waals surface area contributed by atoms with E-state index in [1.165, 1.54) is 23.5 Å². The van der Waals surface area contributed by atoms with Crippen LogP contribution >= 0.6 is 11.3 Å². The highest BCUT2D eigenvalue weighted by Gasteiger charge is 2.22. The highest BCUT2D eigenvalue weighted by molar-refractivity contribution is 7.21. The van der Waals surface area contributed by atoms with E-state index in [9.17, 15) is 19.1 Å². The molecule has 7 heteroatoms. The molecule has 3 rings (SSSR count). The minimum absolute atomic E-state index is 0.0283. The van der Waals surface area contributed by atoms with Gasteiger partial charge in [-0.1, -0.05) is 6.92 Å². The number of ketones is 1. The lowest BCUT2D eigenvalue weighted by Crippen LogP contribution is -2.17. The van der Waals surface area contributed by atoms with Crippen LogP contribution in [-0.2, 0) is 9.53 Å². The molecule has 3 aromatic rings. The number of esters is 1. The molecule has 5 nitrogen and oxygen atoms in total. The number of phenolic OH excluding ortho intramolecular Hbond substituents is 1. The van der Waals surface area contributed by atoms with Crippen molar-refractivity contribution >= 4 is 44.1 Å². The number of hydrogen-bond donors (Lipinski definition) is 1. The maximum absolute atomic E-state index is 13.3. The van der Waals surface area contributed by atoms with Crippen LogP contribution in [0.25, 0.3) is 21.1 Å². The van der Waals surface area contributed by atoms with Crippen molar-refractivity contribution in [2.75, 3.05) is 6.61 Å². The van der Waals surface area contributed by atoms with Crippen LogP contribution in [0.1, 0.15) is 29.9 Å². The van der Waals surface area contributed by atoms with Crippen LogP contribution in [0.5, 0.6) is 5.75 Å². The van der Waals surface area contributed by atoms with Gasteiger partial charge in [0.25, 0.3) is 6.01 Å². The molecule has 0 amide bonds. The Bertz CT molecular complexity index is 939. The van der Waals surface area contributed by atoms with Crippen molar-refractivity contribution < 1.29 is 28.2 Å². The molecule has 0 aliphatic rings. The summed E-state index contributed by atoms with van der Waals surface area (Å²) >= 11 is 1.18. The zero-order valence-corrected chi connectivity index (χ0v) is 13.9. The Morgan fingerprint density at radius 2 is 2.08 bits per heavy atom. The predicted molar refractivity (Wildman–Crippen MR) is 88.0 cm³/mol. The molecule has 0 saturated carbocycles. The first-order chi connectivity index (χ1) is 11.4. The number of fused-ring (bicyclic) bond motifs is 3. The number of benzene rings is 1. The Hall–Kier alpha value is -2.41. The standard InChI is InChI=1S/C17H15FO5S/c1-3-22-17(21)8(2)4-11(19)14-5-9-10-6-15(18)23-16(10)12(20)7-13(9)24-14/h5-8,20H,3-4H2,1-2H3. The highest BCUT2D eigenvalue weighted by Crippen LogP contribution is 2.39. The summed E-state index contributed by atoms with van der Waals surface area (Å²) < 4.78 is 23.7. The van der Waals surface area contributed by atoms with E-state index in [1.54, 1.807) is 19.9 Å². The molecule has 1 aromatic carbocycles. The Morgan fingerprint density at radius 1 is 1.33 bits per heavy atom. The van der Waals surface area contributed by atoms with E-state index in [-0.39, 0.29) is 30.1 Å². The molecule has 0 aliphatic carbocycles. The van der Waals surface area contributed by atoms with Crippen molar-refractivity contribution in [2.24, 2.45) is 5.92 Å². The number of thiophene rings is 1. The maximum atomic E-state index is 13.3. The monoisotopic (exact) mass is 350 g/mol. The fourth-order valence-electron chi connectivity index (χ4n) is 2.55. The summed E-state index contributed by atoms with van der Waals surface area (Å²) in [6.07, 6.45) is 0.0283. The Kier molecular flexibility index (Phi) is 4.28. The molecule has 0 fully saturated rings. The molecule has 2 heterocycles. The van der Waals surface area contributed by atoms with E-state index in [4.69, 9.17) is 9.15 Å². The zero-order valence-electron chi connectivity index (χ0n) is 13.1. The minimum atomic E-state index is -0.803. The molecule has 1 N–H and O–H groups in total. The molecular formula is C17H15FO5S. The largest absolute Gasteiger partial charge is 0.504 e. The first kappa shape index (κ1) is 16.4. The van der Waals surface area contributed by atoms with Crippen molar-refractivity contribution in [3.63, 3.8) is 0 Å². The number of furan rings is 1. The van der Waals surface area contributed by atoms with Crippen LogP contribution in [0.15, 0.2) is 22.6 Å². The molecule has 0 radical (unpaired) electrons. The van der Waals surface area contributed by atoms with Gasteiger partial charge in [-0.15, -0.1) is 11.3 Å². The first-order valence-corrected chi connectivity index (χ1v) is 8.26. The van der Waals surface area contributed by atoms with Crippen molar-refractivity contribution in [1.82, 2.24) is 0 Å². The van der Waals surface area contributed by atoms with Crippen LogP contribution < -0.4 is 0 Å². The van der Waals surface area contributed by atoms with Crippen molar-refractivity contribution in [1.29, 1.82) is 0 Å². The number of carbonyl (C=O) groups is 2. The molecule has 1 unspecified atom stereocenters. The van der Waals surface area contributed by atoms with Crippen molar-refractivity contribution in [2.45, 2.75) is 20.3 Å². The number of halogens is 1. The predicted octanol–water partition coefficient (Wildman–Crippen LogP) is 4.26. The van der Waals surface area contributed by atoms with Gasteiger partial charge < -0.3 is 14.3 Å². The van der Waals surface area contributed by atoms with Gasteiger partial charge in [-0.25, -0.2) is 0 Å². The van der Waals surface area contributed by atoms with E-state index in [0.717, 1.165) is 0 Å². The summed E-state index contributed by atoms with van der Waals surface area (Å²) in [6.45, 7) is 3.61. The summed E-state index contributed by atoms with van der Waals surface area (Å²) in [4.78, 5) is 24.5. The number of carbonyl (C=O) groups excluding carboxylic acids is 2. The van der Waals surface area contributed by atoms with E-state index in [1.807, 2.05) is 0 Å². The van der Waals surface area contributed by atoms with Crippen LogP contribution in [0.2, 0.25) is 0 Å². The molecule has 24 heavy (non-hydrogen) atoms. The molecule has 126 valence electrons. The molecule has 0 spiro atoms. The fraction of sp³-hybridized carbons (Fsp3) is 0.294. The Labute approximate surface area is 140 Å². The van der Waals surface area contributed by atoms with E-state index in [2.05, 4.69) is 0 Å². The summed E-state index contributed by atoms with van der Waals surface area (Å²) in [7, 11) is 0. The van der Waals surface area contributed by atoms with Gasteiger partial charge in [-0.3, -0.25) is 9.59 Å². The third-order valence-electron chi connectivity index (χ3n) is 3.71. The van der Waals surface area contributed by atoms with Gasteiger partial charge in [0.2, 0.25) is 0 Å². The van der Waals surface area contributed by atoms with Gasteiger partial charge >= 0.3 is 5.97 Å². The lowest BCUT2D eigenvalue weighted by atomic mass is 10.0. The molecule has 1 atom stereocenters. The third kappa shape index (κ3) is 2.87. The van der Waals surface area contributed by atoms with Crippen LogP contribution in [0.4, 0.5) is 4.39 Å². The second-order valence-corrected chi connectivity index (χ2v) is 6.58. The van der Waals surface area contributed by atoms with Crippen LogP contribution in [0.3, 0.4) is 0 Å². The lowest BCUT2D eigenvalue weighted by Gasteiger charge is -2.08. The fourth-order valence-corrected chi connectivity index (χ4v) is 3.61. The molecular weight excluding hydrogens is 335 g/mol.